The number of rotatable bonds is 2. The number of nitrogens with zero attached hydrogens (tertiary/aromatic N) is 5. The molecule has 2 aliphatic rings. The third-order valence-corrected chi connectivity index (χ3v) is 3.11. The van der Waals surface area contributed by atoms with Crippen molar-refractivity contribution in [2.75, 3.05) is 23.1 Å². The molecular formula is C15H13N5. The number of nitriles is 1. The van der Waals surface area contributed by atoms with Crippen LogP contribution in [0.2, 0.25) is 0 Å². The number of anilines is 2. The molecule has 5 nitrogen and oxygen atoms in total. The van der Waals surface area contributed by atoms with Crippen molar-refractivity contribution in [2.45, 2.75) is 0 Å². The second kappa shape index (κ2) is 5.41. The van der Waals surface area contributed by atoms with E-state index in [0.29, 0.717) is 18.9 Å². The maximum atomic E-state index is 9.09. The van der Waals surface area contributed by atoms with Crippen LogP contribution in [0.25, 0.3) is 0 Å². The Morgan fingerprint density at radius 2 is 1.60 bits per heavy atom. The predicted octanol–water partition coefficient (Wildman–Crippen LogP) is 2.28. The molecule has 0 bridgehead atoms. The van der Waals surface area contributed by atoms with Crippen LogP contribution in [0.3, 0.4) is 0 Å². The Balaban J connectivity index is 2.02. The Labute approximate surface area is 117 Å². The molecule has 5 heteroatoms. The first-order chi connectivity index (χ1) is 9.88. The fourth-order valence-electron chi connectivity index (χ4n) is 2.15. The molecule has 0 aromatic heterocycles. The Hall–Kier alpha value is -2.87. The number of hydrogen-bond donors (Lipinski definition) is 0. The van der Waals surface area contributed by atoms with Crippen molar-refractivity contribution < 1.29 is 0 Å². The Morgan fingerprint density at radius 1 is 0.950 bits per heavy atom. The molecule has 1 aromatic rings. The summed E-state index contributed by atoms with van der Waals surface area (Å²) in [7, 11) is 0. The van der Waals surface area contributed by atoms with E-state index in [2.05, 4.69) is 16.1 Å². The first-order valence-corrected chi connectivity index (χ1v) is 6.29. The summed E-state index contributed by atoms with van der Waals surface area (Å²) in [5, 5.41) is 9.09. The van der Waals surface area contributed by atoms with E-state index < -0.39 is 0 Å². The molecule has 0 spiro atoms. The SMILES string of the molecule is N#Cc1ccc(N2C=CC=NC2)c(N2C=CC=NC2)c1. The topological polar surface area (TPSA) is 55.0 Å². The molecule has 0 aliphatic carbocycles. The van der Waals surface area contributed by atoms with Crippen molar-refractivity contribution >= 4 is 23.8 Å². The van der Waals surface area contributed by atoms with Gasteiger partial charge < -0.3 is 9.80 Å². The monoisotopic (exact) mass is 263 g/mol. The van der Waals surface area contributed by atoms with E-state index in [0.717, 1.165) is 11.4 Å². The zero-order chi connectivity index (χ0) is 13.8. The molecule has 0 fully saturated rings. The van der Waals surface area contributed by atoms with Crippen molar-refractivity contribution in [3.63, 3.8) is 0 Å². The number of allylic oxidation sites excluding steroid dienone is 2. The van der Waals surface area contributed by atoms with Gasteiger partial charge in [0.25, 0.3) is 0 Å². The highest BCUT2D eigenvalue weighted by atomic mass is 15.3. The minimum atomic E-state index is 0.555. The highest BCUT2D eigenvalue weighted by Crippen LogP contribution is 2.32. The molecule has 0 N–H and O–H groups in total. The van der Waals surface area contributed by atoms with Gasteiger partial charge in [0.1, 0.15) is 13.3 Å². The van der Waals surface area contributed by atoms with E-state index in [1.165, 1.54) is 0 Å². The first kappa shape index (κ1) is 12.2. The van der Waals surface area contributed by atoms with Crippen LogP contribution in [0.5, 0.6) is 0 Å². The molecule has 1 aromatic carbocycles. The second-order valence-electron chi connectivity index (χ2n) is 4.38. The van der Waals surface area contributed by atoms with Crippen molar-refractivity contribution in [2.24, 2.45) is 9.98 Å². The lowest BCUT2D eigenvalue weighted by molar-refractivity contribution is 0.936. The Bertz CT molecular complexity index is 663. The number of aliphatic imine (C=N–C) groups is 2. The van der Waals surface area contributed by atoms with Gasteiger partial charge in [0.05, 0.1) is 23.0 Å². The van der Waals surface area contributed by atoms with Crippen molar-refractivity contribution in [1.82, 2.24) is 0 Å². The van der Waals surface area contributed by atoms with Gasteiger partial charge in [0.15, 0.2) is 0 Å². The molecule has 3 rings (SSSR count). The predicted molar refractivity (Wildman–Crippen MR) is 81.1 cm³/mol. The Kier molecular flexibility index (Phi) is 3.29. The standard InChI is InChI=1S/C15H13N5/c16-10-13-3-4-14(19-7-1-5-17-11-19)15(9-13)20-8-2-6-18-12-20/h1-9H,11-12H2. The normalized spacial score (nSPS) is 16.6. The maximum Gasteiger partial charge on any atom is 0.114 e. The largest absolute Gasteiger partial charge is 0.326 e. The molecule has 0 saturated carbocycles. The molecule has 98 valence electrons. The highest BCUT2D eigenvalue weighted by Gasteiger charge is 2.15. The van der Waals surface area contributed by atoms with Gasteiger partial charge in [0.2, 0.25) is 0 Å². The number of hydrogen-bond acceptors (Lipinski definition) is 5. The van der Waals surface area contributed by atoms with E-state index in [1.807, 2.05) is 52.6 Å². The zero-order valence-electron chi connectivity index (χ0n) is 10.8. The van der Waals surface area contributed by atoms with Crippen LogP contribution in [0, 0.1) is 11.3 Å². The average molecular weight is 263 g/mol. The molecular weight excluding hydrogens is 250 g/mol. The third-order valence-electron chi connectivity index (χ3n) is 3.11. The van der Waals surface area contributed by atoms with Gasteiger partial charge in [-0.25, -0.2) is 0 Å². The molecule has 20 heavy (non-hydrogen) atoms. The lowest BCUT2D eigenvalue weighted by atomic mass is 10.1. The maximum absolute atomic E-state index is 9.09. The van der Waals surface area contributed by atoms with Gasteiger partial charge >= 0.3 is 0 Å². The summed E-state index contributed by atoms with van der Waals surface area (Å²) in [5.74, 6) is 0. The van der Waals surface area contributed by atoms with Gasteiger partial charge in [-0.1, -0.05) is 0 Å². The van der Waals surface area contributed by atoms with E-state index in [4.69, 9.17) is 5.26 Å². The third kappa shape index (κ3) is 2.31. The fraction of sp³-hybridized carbons (Fsp3) is 0.133. The van der Waals surface area contributed by atoms with Gasteiger partial charge in [-0.15, -0.1) is 0 Å². The second-order valence-corrected chi connectivity index (χ2v) is 4.38. The highest BCUT2D eigenvalue weighted by molar-refractivity contribution is 5.81. The summed E-state index contributed by atoms with van der Waals surface area (Å²) < 4.78 is 0. The molecule has 0 amide bonds. The van der Waals surface area contributed by atoms with Crippen molar-refractivity contribution in [1.29, 1.82) is 5.26 Å². The number of benzene rings is 1. The van der Waals surface area contributed by atoms with E-state index in [-0.39, 0.29) is 0 Å². The minimum Gasteiger partial charge on any atom is -0.326 e. The minimum absolute atomic E-state index is 0.555. The van der Waals surface area contributed by atoms with E-state index in [1.54, 1.807) is 12.4 Å². The molecule has 2 aliphatic heterocycles. The lowest BCUT2D eigenvalue weighted by Crippen LogP contribution is -2.24. The van der Waals surface area contributed by atoms with Crippen LogP contribution in [0.15, 0.2) is 52.7 Å². The zero-order valence-corrected chi connectivity index (χ0v) is 10.8. The van der Waals surface area contributed by atoms with Crippen LogP contribution >= 0.6 is 0 Å². The summed E-state index contributed by atoms with van der Waals surface area (Å²) in [4.78, 5) is 12.5. The lowest BCUT2D eigenvalue weighted by Gasteiger charge is -2.28. The summed E-state index contributed by atoms with van der Waals surface area (Å²) in [6, 6.07) is 7.83. The molecule has 0 atom stereocenters. The van der Waals surface area contributed by atoms with Gasteiger partial charge in [0, 0.05) is 24.8 Å². The Morgan fingerprint density at radius 3 is 2.15 bits per heavy atom. The van der Waals surface area contributed by atoms with Crippen molar-refractivity contribution in [3.8, 4) is 6.07 Å². The fourth-order valence-corrected chi connectivity index (χ4v) is 2.15. The van der Waals surface area contributed by atoms with Gasteiger partial charge in [-0.2, -0.15) is 5.26 Å². The molecule has 0 unspecified atom stereocenters. The quantitative estimate of drug-likeness (QED) is 0.822. The molecule has 2 heterocycles. The van der Waals surface area contributed by atoms with E-state index in [9.17, 15) is 0 Å². The average Bonchev–Trinajstić information content (AvgIpc) is 2.56. The summed E-state index contributed by atoms with van der Waals surface area (Å²) >= 11 is 0. The van der Waals surface area contributed by atoms with Gasteiger partial charge in [-0.05, 0) is 30.4 Å². The smallest absolute Gasteiger partial charge is 0.114 e. The van der Waals surface area contributed by atoms with Crippen LogP contribution in [0.4, 0.5) is 11.4 Å². The molecule has 0 radical (unpaired) electrons. The van der Waals surface area contributed by atoms with Crippen LogP contribution in [-0.4, -0.2) is 25.8 Å². The summed E-state index contributed by atoms with van der Waals surface area (Å²) in [6.45, 7) is 1.13. The summed E-state index contributed by atoms with van der Waals surface area (Å²) in [5.41, 5.74) is 2.61. The van der Waals surface area contributed by atoms with Crippen LogP contribution in [-0.2, 0) is 0 Å². The van der Waals surface area contributed by atoms with Crippen LogP contribution < -0.4 is 9.80 Å². The molecule has 0 saturated heterocycles. The first-order valence-electron chi connectivity index (χ1n) is 6.29. The van der Waals surface area contributed by atoms with E-state index >= 15 is 0 Å². The van der Waals surface area contributed by atoms with Crippen LogP contribution in [0.1, 0.15) is 5.56 Å². The van der Waals surface area contributed by atoms with Gasteiger partial charge in [-0.3, -0.25) is 9.98 Å². The van der Waals surface area contributed by atoms with Crippen molar-refractivity contribution in [3.05, 3.63) is 48.3 Å². The summed E-state index contributed by atoms with van der Waals surface area (Å²) in [6.07, 6.45) is 11.3.